The van der Waals surface area contributed by atoms with Crippen LogP contribution in [0, 0.1) is 5.82 Å². The summed E-state index contributed by atoms with van der Waals surface area (Å²) in [6.45, 7) is 0. The van der Waals surface area contributed by atoms with Gasteiger partial charge in [-0.25, -0.2) is 4.39 Å². The molecule has 4 nitrogen and oxygen atoms in total. The minimum absolute atomic E-state index is 0.214. The number of anilines is 1. The molecule has 5 heteroatoms. The van der Waals surface area contributed by atoms with Crippen LogP contribution in [0.25, 0.3) is 0 Å². The predicted molar refractivity (Wildman–Crippen MR) is 79.3 cm³/mol. The maximum Gasteiger partial charge on any atom is 0.224 e. The average molecular weight is 288 g/mol. The molecule has 0 aliphatic rings. The van der Waals surface area contributed by atoms with Gasteiger partial charge < -0.3 is 16.2 Å². The van der Waals surface area contributed by atoms with Crippen molar-refractivity contribution in [3.05, 3.63) is 59.9 Å². The highest BCUT2D eigenvalue weighted by Gasteiger charge is 2.10. The molecule has 2 rings (SSSR count). The van der Waals surface area contributed by atoms with E-state index < -0.39 is 11.6 Å². The van der Waals surface area contributed by atoms with E-state index in [1.165, 1.54) is 12.1 Å². The molecule has 1 amide bonds. The zero-order valence-electron chi connectivity index (χ0n) is 11.4. The van der Waals surface area contributed by atoms with Crippen molar-refractivity contribution in [2.24, 2.45) is 5.73 Å². The second kappa shape index (κ2) is 6.85. The summed E-state index contributed by atoms with van der Waals surface area (Å²) < 4.78 is 13.1. The maximum absolute atomic E-state index is 13.1. The van der Waals surface area contributed by atoms with Crippen LogP contribution in [0.15, 0.2) is 48.5 Å². The van der Waals surface area contributed by atoms with E-state index >= 15 is 0 Å². The molecule has 1 unspecified atom stereocenters. The number of hydrogen-bond acceptors (Lipinski definition) is 3. The number of phenols is 1. The van der Waals surface area contributed by atoms with Gasteiger partial charge in [0.25, 0.3) is 0 Å². The molecular formula is C16H17FN2O2. The van der Waals surface area contributed by atoms with Gasteiger partial charge in [0.15, 0.2) is 11.6 Å². The van der Waals surface area contributed by atoms with E-state index in [2.05, 4.69) is 5.32 Å². The second-order valence-electron chi connectivity index (χ2n) is 4.77. The zero-order valence-corrected chi connectivity index (χ0v) is 11.4. The Kier molecular flexibility index (Phi) is 4.90. The number of halogens is 1. The number of nitrogens with two attached hydrogens (primary N) is 1. The van der Waals surface area contributed by atoms with Crippen LogP contribution < -0.4 is 11.1 Å². The third-order valence-electron chi connectivity index (χ3n) is 3.14. The predicted octanol–water partition coefficient (Wildman–Crippen LogP) is 2.95. The molecule has 0 aliphatic carbocycles. The monoisotopic (exact) mass is 288 g/mol. The molecule has 21 heavy (non-hydrogen) atoms. The molecule has 0 saturated heterocycles. The van der Waals surface area contributed by atoms with Crippen LogP contribution in [-0.4, -0.2) is 11.0 Å². The molecule has 4 N–H and O–H groups in total. The molecule has 2 aromatic carbocycles. The average Bonchev–Trinajstić information content (AvgIpc) is 2.49. The topological polar surface area (TPSA) is 75.4 Å². The van der Waals surface area contributed by atoms with Gasteiger partial charge in [0.05, 0.1) is 0 Å². The molecule has 0 fully saturated rings. The van der Waals surface area contributed by atoms with E-state index in [9.17, 15) is 9.18 Å². The molecule has 0 bridgehead atoms. The van der Waals surface area contributed by atoms with Crippen LogP contribution in [0.3, 0.4) is 0 Å². The summed E-state index contributed by atoms with van der Waals surface area (Å²) in [6, 6.07) is 13.0. The molecular weight excluding hydrogens is 271 g/mol. The van der Waals surface area contributed by atoms with Gasteiger partial charge in [-0.2, -0.15) is 0 Å². The van der Waals surface area contributed by atoms with Crippen molar-refractivity contribution in [3.63, 3.8) is 0 Å². The van der Waals surface area contributed by atoms with Gasteiger partial charge in [0.1, 0.15) is 0 Å². The first-order valence-corrected chi connectivity index (χ1v) is 6.65. The summed E-state index contributed by atoms with van der Waals surface area (Å²) in [5.41, 5.74) is 7.29. The van der Waals surface area contributed by atoms with Gasteiger partial charge in [-0.1, -0.05) is 30.3 Å². The molecule has 0 aromatic heterocycles. The Morgan fingerprint density at radius 3 is 2.62 bits per heavy atom. The molecule has 1 atom stereocenters. The first-order chi connectivity index (χ1) is 10.1. The molecule has 0 saturated carbocycles. The van der Waals surface area contributed by atoms with Crippen molar-refractivity contribution in [2.45, 2.75) is 18.9 Å². The molecule has 0 radical (unpaired) electrons. The fourth-order valence-electron chi connectivity index (χ4n) is 1.96. The number of rotatable bonds is 5. The van der Waals surface area contributed by atoms with Crippen LogP contribution in [0.1, 0.15) is 24.4 Å². The van der Waals surface area contributed by atoms with Crippen LogP contribution >= 0.6 is 0 Å². The third kappa shape index (κ3) is 4.29. The van der Waals surface area contributed by atoms with Crippen LogP contribution in [0.4, 0.5) is 10.1 Å². The van der Waals surface area contributed by atoms with Gasteiger partial charge in [0.2, 0.25) is 5.91 Å². The van der Waals surface area contributed by atoms with Crippen molar-refractivity contribution >= 4 is 11.6 Å². The largest absolute Gasteiger partial charge is 0.505 e. The first-order valence-electron chi connectivity index (χ1n) is 6.65. The summed E-state index contributed by atoms with van der Waals surface area (Å²) in [6.07, 6.45) is 0.731. The van der Waals surface area contributed by atoms with E-state index in [1.54, 1.807) is 0 Å². The molecule has 110 valence electrons. The lowest BCUT2D eigenvalue weighted by Crippen LogP contribution is -2.16. The Morgan fingerprint density at radius 2 is 1.95 bits per heavy atom. The minimum Gasteiger partial charge on any atom is -0.505 e. The van der Waals surface area contributed by atoms with E-state index in [0.717, 1.165) is 11.6 Å². The number of nitrogens with one attached hydrogen (secondary N) is 1. The van der Waals surface area contributed by atoms with Crippen molar-refractivity contribution < 1.29 is 14.3 Å². The van der Waals surface area contributed by atoms with E-state index in [-0.39, 0.29) is 18.4 Å². The lowest BCUT2D eigenvalue weighted by molar-refractivity contribution is -0.116. The number of aromatic hydroxyl groups is 1. The summed E-state index contributed by atoms with van der Waals surface area (Å²) in [5, 5.41) is 11.6. The Balaban J connectivity index is 1.86. The summed E-state index contributed by atoms with van der Waals surface area (Å²) in [5.74, 6) is -1.46. The molecule has 0 heterocycles. The number of benzene rings is 2. The van der Waals surface area contributed by atoms with Gasteiger partial charge in [-0.3, -0.25) is 4.79 Å². The van der Waals surface area contributed by atoms with E-state index in [4.69, 9.17) is 10.8 Å². The Morgan fingerprint density at radius 1 is 1.24 bits per heavy atom. The highest BCUT2D eigenvalue weighted by atomic mass is 19.1. The number of carbonyl (C=O) groups excluding carboxylic acids is 1. The van der Waals surface area contributed by atoms with Gasteiger partial charge in [-0.05, 0) is 24.1 Å². The van der Waals surface area contributed by atoms with E-state index in [0.29, 0.717) is 12.1 Å². The molecule has 0 aliphatic heterocycles. The van der Waals surface area contributed by atoms with Crippen molar-refractivity contribution in [3.8, 4) is 5.75 Å². The number of carbonyl (C=O) groups is 1. The number of amides is 1. The van der Waals surface area contributed by atoms with Crippen LogP contribution in [0.5, 0.6) is 5.75 Å². The van der Waals surface area contributed by atoms with Crippen LogP contribution in [0.2, 0.25) is 0 Å². The smallest absolute Gasteiger partial charge is 0.224 e. The normalized spacial score (nSPS) is 11.9. The number of hydrogen-bond donors (Lipinski definition) is 3. The van der Waals surface area contributed by atoms with Gasteiger partial charge >= 0.3 is 0 Å². The fourth-order valence-corrected chi connectivity index (χ4v) is 1.96. The van der Waals surface area contributed by atoms with Crippen molar-refractivity contribution in [2.75, 3.05) is 5.32 Å². The zero-order chi connectivity index (χ0) is 15.2. The fraction of sp³-hybridized carbons (Fsp3) is 0.188. The van der Waals surface area contributed by atoms with Crippen molar-refractivity contribution in [1.29, 1.82) is 0 Å². The number of phenolic OH excluding ortho intramolecular Hbond substituents is 1. The quantitative estimate of drug-likeness (QED) is 0.740. The highest BCUT2D eigenvalue weighted by Crippen LogP contribution is 2.20. The summed E-state index contributed by atoms with van der Waals surface area (Å²) in [7, 11) is 0. The minimum atomic E-state index is -0.770. The molecule has 2 aromatic rings. The second-order valence-corrected chi connectivity index (χ2v) is 4.77. The highest BCUT2D eigenvalue weighted by molar-refractivity contribution is 5.90. The summed E-state index contributed by atoms with van der Waals surface area (Å²) in [4.78, 5) is 11.8. The lowest BCUT2D eigenvalue weighted by Gasteiger charge is -2.12. The standard InChI is InChI=1S/C16H17FN2O2/c17-13-10-12(6-8-15(13)20)19-16(21)9-7-14(18)11-4-2-1-3-5-11/h1-6,8,10,14,20H,7,9,18H2,(H,19,21). The maximum atomic E-state index is 13.1. The van der Waals surface area contributed by atoms with Crippen molar-refractivity contribution in [1.82, 2.24) is 0 Å². The molecule has 0 spiro atoms. The van der Waals surface area contributed by atoms with Gasteiger partial charge in [-0.15, -0.1) is 0 Å². The van der Waals surface area contributed by atoms with Crippen LogP contribution in [-0.2, 0) is 4.79 Å². The van der Waals surface area contributed by atoms with Gasteiger partial charge in [0, 0.05) is 24.2 Å². The SMILES string of the molecule is NC(CCC(=O)Nc1ccc(O)c(F)c1)c1ccccc1. The Hall–Kier alpha value is -2.40. The summed E-state index contributed by atoms with van der Waals surface area (Å²) >= 11 is 0. The Labute approximate surface area is 122 Å². The lowest BCUT2D eigenvalue weighted by atomic mass is 10.0. The Bertz CT molecular complexity index is 617. The third-order valence-corrected chi connectivity index (χ3v) is 3.14. The van der Waals surface area contributed by atoms with E-state index in [1.807, 2.05) is 30.3 Å². The first kappa shape index (κ1) is 15.0.